The second-order valence-corrected chi connectivity index (χ2v) is 6.52. The lowest BCUT2D eigenvalue weighted by molar-refractivity contribution is 0.598. The van der Waals surface area contributed by atoms with Gasteiger partial charge in [0.2, 0.25) is 0 Å². The zero-order chi connectivity index (χ0) is 12.4. The Bertz CT molecular complexity index is 409. The van der Waals surface area contributed by atoms with E-state index in [4.69, 9.17) is 5.73 Å². The summed E-state index contributed by atoms with van der Waals surface area (Å²) in [6, 6.07) is 5.08. The molecule has 4 heteroatoms. The van der Waals surface area contributed by atoms with Gasteiger partial charge in [0, 0.05) is 28.2 Å². The fraction of sp³-hybridized carbons (Fsp3) is 0.538. The van der Waals surface area contributed by atoms with Gasteiger partial charge in [-0.15, -0.1) is 11.8 Å². The van der Waals surface area contributed by atoms with Crippen LogP contribution in [0.3, 0.4) is 0 Å². The molecule has 0 bridgehead atoms. The van der Waals surface area contributed by atoms with Gasteiger partial charge in [0.25, 0.3) is 0 Å². The SMILES string of the molecule is Cc1cc(Br)c2c(c1)SCC(CCCN)N2C. The average molecular weight is 315 g/mol. The van der Waals surface area contributed by atoms with Crippen molar-refractivity contribution in [2.24, 2.45) is 5.73 Å². The molecule has 0 aromatic heterocycles. The lowest BCUT2D eigenvalue weighted by Crippen LogP contribution is -2.37. The third kappa shape index (κ3) is 2.80. The quantitative estimate of drug-likeness (QED) is 0.927. The van der Waals surface area contributed by atoms with Crippen LogP contribution in [0.4, 0.5) is 5.69 Å². The van der Waals surface area contributed by atoms with Crippen molar-refractivity contribution in [3.8, 4) is 0 Å². The Morgan fingerprint density at radius 3 is 3.00 bits per heavy atom. The Labute approximate surface area is 116 Å². The zero-order valence-corrected chi connectivity index (χ0v) is 12.8. The molecule has 0 spiro atoms. The summed E-state index contributed by atoms with van der Waals surface area (Å²) in [6.45, 7) is 2.93. The molecule has 1 aromatic carbocycles. The minimum atomic E-state index is 0.607. The maximum Gasteiger partial charge on any atom is 0.0649 e. The standard InChI is InChI=1S/C13H19BrN2S/c1-9-6-11(14)13-12(7-9)17-8-10(16(13)2)4-3-5-15/h6-7,10H,3-5,8,15H2,1-2H3. The van der Waals surface area contributed by atoms with E-state index >= 15 is 0 Å². The normalized spacial score (nSPS) is 19.3. The van der Waals surface area contributed by atoms with Gasteiger partial charge in [-0.1, -0.05) is 0 Å². The topological polar surface area (TPSA) is 29.3 Å². The van der Waals surface area contributed by atoms with E-state index in [1.807, 2.05) is 11.8 Å². The highest BCUT2D eigenvalue weighted by molar-refractivity contribution is 9.10. The first-order chi connectivity index (χ1) is 8.13. The number of nitrogens with two attached hydrogens (primary N) is 1. The summed E-state index contributed by atoms with van der Waals surface area (Å²) in [4.78, 5) is 3.80. The third-order valence-electron chi connectivity index (χ3n) is 3.25. The predicted octanol–water partition coefficient (Wildman–Crippen LogP) is 3.41. The number of thioether (sulfide) groups is 1. The van der Waals surface area contributed by atoms with Crippen LogP contribution in [0.15, 0.2) is 21.5 Å². The molecule has 1 aliphatic rings. The van der Waals surface area contributed by atoms with Crippen LogP contribution in [0.25, 0.3) is 0 Å². The number of anilines is 1. The van der Waals surface area contributed by atoms with Crippen molar-refractivity contribution in [2.45, 2.75) is 30.7 Å². The molecule has 17 heavy (non-hydrogen) atoms. The van der Waals surface area contributed by atoms with E-state index in [1.54, 1.807) is 0 Å². The molecule has 0 saturated carbocycles. The van der Waals surface area contributed by atoms with E-state index in [9.17, 15) is 0 Å². The molecule has 0 radical (unpaired) electrons. The molecule has 0 aliphatic carbocycles. The van der Waals surface area contributed by atoms with Crippen LogP contribution < -0.4 is 10.6 Å². The van der Waals surface area contributed by atoms with Gasteiger partial charge in [-0.25, -0.2) is 0 Å². The molecule has 0 fully saturated rings. The molecule has 1 aliphatic heterocycles. The Kier molecular flexibility index (Phi) is 4.39. The fourth-order valence-electron chi connectivity index (χ4n) is 2.27. The molecule has 2 rings (SSSR count). The molecular weight excluding hydrogens is 296 g/mol. The summed E-state index contributed by atoms with van der Waals surface area (Å²) in [7, 11) is 2.19. The van der Waals surface area contributed by atoms with Crippen molar-refractivity contribution in [2.75, 3.05) is 24.2 Å². The summed E-state index contributed by atoms with van der Waals surface area (Å²) in [5.41, 5.74) is 8.26. The van der Waals surface area contributed by atoms with Crippen LogP contribution in [0.2, 0.25) is 0 Å². The molecule has 1 atom stereocenters. The van der Waals surface area contributed by atoms with Gasteiger partial charge in [-0.05, 0) is 59.9 Å². The first kappa shape index (κ1) is 13.2. The Morgan fingerprint density at radius 2 is 2.29 bits per heavy atom. The highest BCUT2D eigenvalue weighted by atomic mass is 79.9. The summed E-state index contributed by atoms with van der Waals surface area (Å²) in [5, 5.41) is 0. The Morgan fingerprint density at radius 1 is 1.53 bits per heavy atom. The van der Waals surface area contributed by atoms with Crippen molar-refractivity contribution in [3.63, 3.8) is 0 Å². The second-order valence-electron chi connectivity index (χ2n) is 4.60. The third-order valence-corrected chi connectivity index (χ3v) is 5.02. The number of hydrogen-bond acceptors (Lipinski definition) is 3. The van der Waals surface area contributed by atoms with Crippen molar-refractivity contribution in [1.29, 1.82) is 0 Å². The molecule has 1 unspecified atom stereocenters. The maximum atomic E-state index is 5.60. The van der Waals surface area contributed by atoms with E-state index in [0.717, 1.165) is 13.0 Å². The fourth-order valence-corrected chi connectivity index (χ4v) is 4.67. The van der Waals surface area contributed by atoms with Crippen molar-refractivity contribution >= 4 is 33.4 Å². The molecule has 2 nitrogen and oxygen atoms in total. The number of halogens is 1. The van der Waals surface area contributed by atoms with Crippen molar-refractivity contribution in [1.82, 2.24) is 0 Å². The van der Waals surface area contributed by atoms with Gasteiger partial charge in [0.15, 0.2) is 0 Å². The average Bonchev–Trinajstić information content (AvgIpc) is 2.27. The van der Waals surface area contributed by atoms with Gasteiger partial charge in [0.1, 0.15) is 0 Å². The Balaban J connectivity index is 2.25. The minimum absolute atomic E-state index is 0.607. The first-order valence-electron chi connectivity index (χ1n) is 5.99. The number of rotatable bonds is 3. The van der Waals surface area contributed by atoms with E-state index in [2.05, 4.69) is 46.9 Å². The maximum absolute atomic E-state index is 5.60. The molecule has 0 amide bonds. The lowest BCUT2D eigenvalue weighted by atomic mass is 10.1. The van der Waals surface area contributed by atoms with Crippen molar-refractivity contribution in [3.05, 3.63) is 22.2 Å². The van der Waals surface area contributed by atoms with Crippen molar-refractivity contribution < 1.29 is 0 Å². The van der Waals surface area contributed by atoms with Crippen LogP contribution in [0.1, 0.15) is 18.4 Å². The van der Waals surface area contributed by atoms with E-state index < -0.39 is 0 Å². The van der Waals surface area contributed by atoms with Gasteiger partial charge in [0.05, 0.1) is 5.69 Å². The highest BCUT2D eigenvalue weighted by Crippen LogP contribution is 2.42. The number of fused-ring (bicyclic) bond motifs is 1. The number of hydrogen-bond donors (Lipinski definition) is 1. The molecule has 1 heterocycles. The molecule has 1 aromatic rings. The van der Waals surface area contributed by atoms with E-state index in [0.29, 0.717) is 6.04 Å². The van der Waals surface area contributed by atoms with Gasteiger partial charge < -0.3 is 10.6 Å². The minimum Gasteiger partial charge on any atom is -0.369 e. The molecule has 94 valence electrons. The number of benzene rings is 1. The predicted molar refractivity (Wildman–Crippen MR) is 80.1 cm³/mol. The van der Waals surface area contributed by atoms with E-state index in [-0.39, 0.29) is 0 Å². The second kappa shape index (κ2) is 5.63. The van der Waals surface area contributed by atoms with Gasteiger partial charge in [-0.3, -0.25) is 0 Å². The summed E-state index contributed by atoms with van der Waals surface area (Å²) in [6.07, 6.45) is 2.29. The van der Waals surface area contributed by atoms with Crippen LogP contribution >= 0.6 is 27.7 Å². The number of nitrogens with zero attached hydrogens (tertiary/aromatic N) is 1. The molecule has 2 N–H and O–H groups in total. The number of aryl methyl sites for hydroxylation is 1. The smallest absolute Gasteiger partial charge is 0.0649 e. The van der Waals surface area contributed by atoms with Crippen LogP contribution in [0.5, 0.6) is 0 Å². The lowest BCUT2D eigenvalue weighted by Gasteiger charge is -2.36. The largest absolute Gasteiger partial charge is 0.369 e. The van der Waals surface area contributed by atoms with Crippen LogP contribution in [-0.4, -0.2) is 25.4 Å². The van der Waals surface area contributed by atoms with Gasteiger partial charge >= 0.3 is 0 Å². The highest BCUT2D eigenvalue weighted by Gasteiger charge is 2.25. The van der Waals surface area contributed by atoms with Crippen LogP contribution in [-0.2, 0) is 0 Å². The summed E-state index contributed by atoms with van der Waals surface area (Å²) >= 11 is 5.66. The van der Waals surface area contributed by atoms with Gasteiger partial charge in [-0.2, -0.15) is 0 Å². The molecule has 0 saturated heterocycles. The Hall–Kier alpha value is -0.190. The molecular formula is C13H19BrN2S. The first-order valence-corrected chi connectivity index (χ1v) is 7.77. The van der Waals surface area contributed by atoms with E-state index in [1.165, 1.54) is 32.8 Å². The van der Waals surface area contributed by atoms with Crippen LogP contribution in [0, 0.1) is 6.92 Å². The summed E-state index contributed by atoms with van der Waals surface area (Å²) in [5.74, 6) is 1.17. The monoisotopic (exact) mass is 314 g/mol. The summed E-state index contributed by atoms with van der Waals surface area (Å²) < 4.78 is 1.21. The zero-order valence-electron chi connectivity index (χ0n) is 10.4.